The molecule has 1 amide bonds. The molecule has 1 aliphatic rings. The summed E-state index contributed by atoms with van der Waals surface area (Å²) in [6.07, 6.45) is -0.967. The Balaban J connectivity index is 2.66. The molecule has 1 aliphatic heterocycles. The van der Waals surface area contributed by atoms with Crippen molar-refractivity contribution >= 4 is 5.91 Å². The first kappa shape index (κ1) is 7.08. The Hall–Kier alpha value is -1.03. The van der Waals surface area contributed by atoms with E-state index in [0.717, 1.165) is 0 Å². The lowest BCUT2D eigenvalue weighted by Crippen LogP contribution is -2.55. The van der Waals surface area contributed by atoms with E-state index in [1.165, 1.54) is 0 Å². The molecule has 1 saturated heterocycles. The number of hydrogen-bond acceptors (Lipinski definition) is 3. The number of amides is 1. The molecule has 3 N–H and O–H groups in total. The quantitative estimate of drug-likeness (QED) is 0.403. The molecule has 10 heavy (non-hydrogen) atoms. The van der Waals surface area contributed by atoms with Gasteiger partial charge in [-0.1, -0.05) is 6.58 Å². The molecule has 4 nitrogen and oxygen atoms in total. The van der Waals surface area contributed by atoms with Crippen LogP contribution in [0.15, 0.2) is 12.4 Å². The van der Waals surface area contributed by atoms with Gasteiger partial charge in [-0.05, 0) is 6.92 Å². The number of carbonyl (C=O) groups excluding carboxylic acids is 1. The lowest BCUT2D eigenvalue weighted by atomic mass is 10.1. The lowest BCUT2D eigenvalue weighted by Gasteiger charge is -2.27. The summed E-state index contributed by atoms with van der Waals surface area (Å²) in [7, 11) is 0. The zero-order valence-corrected chi connectivity index (χ0v) is 5.72. The highest BCUT2D eigenvalue weighted by Gasteiger charge is 2.27. The van der Waals surface area contributed by atoms with Crippen LogP contribution in [-0.4, -0.2) is 23.2 Å². The van der Waals surface area contributed by atoms with Gasteiger partial charge < -0.3 is 15.7 Å². The lowest BCUT2D eigenvalue weighted by molar-refractivity contribution is -0.131. The number of hydrogen-bond donors (Lipinski definition) is 3. The second-order valence-electron chi connectivity index (χ2n) is 2.35. The third-order valence-corrected chi connectivity index (χ3v) is 1.42. The van der Waals surface area contributed by atoms with E-state index >= 15 is 0 Å². The zero-order valence-electron chi connectivity index (χ0n) is 5.72. The van der Waals surface area contributed by atoms with E-state index in [-0.39, 0.29) is 6.04 Å². The minimum absolute atomic E-state index is 0.249. The minimum Gasteiger partial charge on any atom is -0.381 e. The molecule has 0 saturated carbocycles. The third-order valence-electron chi connectivity index (χ3n) is 1.42. The maximum absolute atomic E-state index is 10.8. The molecule has 56 valence electrons. The molecule has 0 radical (unpaired) electrons. The van der Waals surface area contributed by atoms with Crippen LogP contribution in [-0.2, 0) is 4.79 Å². The largest absolute Gasteiger partial charge is 0.381 e. The Kier molecular flexibility index (Phi) is 1.63. The van der Waals surface area contributed by atoms with E-state index in [2.05, 4.69) is 17.2 Å². The average Bonchev–Trinajstić information content (AvgIpc) is 1.82. The molecule has 0 aliphatic carbocycles. The van der Waals surface area contributed by atoms with E-state index in [1.807, 2.05) is 0 Å². The van der Waals surface area contributed by atoms with Gasteiger partial charge in [0, 0.05) is 0 Å². The first-order valence-electron chi connectivity index (χ1n) is 3.05. The van der Waals surface area contributed by atoms with E-state index in [4.69, 9.17) is 5.11 Å². The second kappa shape index (κ2) is 2.30. The number of nitrogens with one attached hydrogen (secondary N) is 2. The molecule has 4 heteroatoms. The van der Waals surface area contributed by atoms with E-state index < -0.39 is 12.0 Å². The van der Waals surface area contributed by atoms with Crippen LogP contribution in [0.3, 0.4) is 0 Å². The van der Waals surface area contributed by atoms with Gasteiger partial charge in [-0.25, -0.2) is 0 Å². The maximum Gasteiger partial charge on any atom is 0.256 e. The van der Waals surface area contributed by atoms with E-state index in [1.54, 1.807) is 6.92 Å². The van der Waals surface area contributed by atoms with Crippen molar-refractivity contribution in [1.29, 1.82) is 0 Å². The fourth-order valence-electron chi connectivity index (χ4n) is 0.840. The van der Waals surface area contributed by atoms with Gasteiger partial charge in [-0.15, -0.1) is 0 Å². The van der Waals surface area contributed by atoms with Crippen LogP contribution in [0.25, 0.3) is 0 Å². The van der Waals surface area contributed by atoms with Crippen molar-refractivity contribution in [3.05, 3.63) is 12.4 Å². The average molecular weight is 142 g/mol. The zero-order chi connectivity index (χ0) is 7.72. The monoisotopic (exact) mass is 142 g/mol. The third kappa shape index (κ3) is 1.11. The Morgan fingerprint density at radius 2 is 2.30 bits per heavy atom. The van der Waals surface area contributed by atoms with Crippen LogP contribution >= 0.6 is 0 Å². The van der Waals surface area contributed by atoms with Crippen molar-refractivity contribution in [1.82, 2.24) is 10.6 Å². The molecule has 2 atom stereocenters. The maximum atomic E-state index is 10.8. The van der Waals surface area contributed by atoms with Crippen molar-refractivity contribution in [3.63, 3.8) is 0 Å². The summed E-state index contributed by atoms with van der Waals surface area (Å²) in [4.78, 5) is 10.8. The molecule has 1 fully saturated rings. The van der Waals surface area contributed by atoms with Gasteiger partial charge in [0.1, 0.15) is 0 Å². The highest BCUT2D eigenvalue weighted by Crippen LogP contribution is 2.00. The van der Waals surface area contributed by atoms with Gasteiger partial charge in [0.2, 0.25) is 0 Å². The predicted octanol–water partition coefficient (Wildman–Crippen LogP) is -1.07. The van der Waals surface area contributed by atoms with Gasteiger partial charge in [0.25, 0.3) is 5.91 Å². The summed E-state index contributed by atoms with van der Waals surface area (Å²) < 4.78 is 0. The van der Waals surface area contributed by atoms with Gasteiger partial charge in [-0.2, -0.15) is 0 Å². The Bertz CT molecular complexity index is 179. The van der Waals surface area contributed by atoms with Crippen LogP contribution in [0.1, 0.15) is 6.92 Å². The number of aliphatic hydroxyl groups excluding tert-OH is 1. The Morgan fingerprint density at radius 3 is 2.80 bits per heavy atom. The summed E-state index contributed by atoms with van der Waals surface area (Å²) in [6, 6.07) is -0.249. The van der Waals surface area contributed by atoms with Crippen LogP contribution in [0.2, 0.25) is 0 Å². The smallest absolute Gasteiger partial charge is 0.256 e. The first-order valence-corrected chi connectivity index (χ1v) is 3.05. The molecule has 2 unspecified atom stereocenters. The fourth-order valence-corrected chi connectivity index (χ4v) is 0.840. The van der Waals surface area contributed by atoms with Crippen molar-refractivity contribution in [2.24, 2.45) is 0 Å². The van der Waals surface area contributed by atoms with Crippen LogP contribution < -0.4 is 10.6 Å². The molecular formula is C6H10N2O2. The van der Waals surface area contributed by atoms with Gasteiger partial charge >= 0.3 is 0 Å². The predicted molar refractivity (Wildman–Crippen MR) is 35.9 cm³/mol. The molecule has 0 aromatic heterocycles. The first-order chi connectivity index (χ1) is 4.61. The molecule has 0 aromatic rings. The van der Waals surface area contributed by atoms with Crippen molar-refractivity contribution in [3.8, 4) is 0 Å². The van der Waals surface area contributed by atoms with E-state index in [0.29, 0.717) is 5.82 Å². The van der Waals surface area contributed by atoms with Crippen LogP contribution in [0.5, 0.6) is 0 Å². The van der Waals surface area contributed by atoms with Gasteiger partial charge in [0.15, 0.2) is 6.10 Å². The number of carbonyl (C=O) groups is 1. The second-order valence-corrected chi connectivity index (χ2v) is 2.35. The SMILES string of the molecule is C=C1NC(=O)C(O)C(C)N1. The molecule has 0 bridgehead atoms. The normalized spacial score (nSPS) is 33.0. The topological polar surface area (TPSA) is 61.4 Å². The van der Waals surface area contributed by atoms with Gasteiger partial charge in [0.05, 0.1) is 11.9 Å². The van der Waals surface area contributed by atoms with Crippen LogP contribution in [0, 0.1) is 0 Å². The standard InChI is InChI=1S/C6H10N2O2/c1-3-5(9)6(10)8-4(2)7-3/h3,5,7,9H,2H2,1H3,(H,8,10). The molecule has 1 rings (SSSR count). The number of rotatable bonds is 0. The Morgan fingerprint density at radius 1 is 1.70 bits per heavy atom. The Labute approximate surface area is 58.9 Å². The highest BCUT2D eigenvalue weighted by atomic mass is 16.3. The summed E-state index contributed by atoms with van der Waals surface area (Å²) in [5.74, 6) is 0.0547. The molecule has 1 heterocycles. The summed E-state index contributed by atoms with van der Waals surface area (Å²) >= 11 is 0. The highest BCUT2D eigenvalue weighted by molar-refractivity contribution is 5.83. The van der Waals surface area contributed by atoms with Crippen molar-refractivity contribution in [2.45, 2.75) is 19.1 Å². The van der Waals surface area contributed by atoms with Crippen LogP contribution in [0.4, 0.5) is 0 Å². The summed E-state index contributed by atoms with van der Waals surface area (Å²) in [6.45, 7) is 5.21. The molecule has 0 spiro atoms. The van der Waals surface area contributed by atoms with Crippen molar-refractivity contribution < 1.29 is 9.90 Å². The summed E-state index contributed by atoms with van der Waals surface area (Å²) in [5.41, 5.74) is 0. The molecule has 0 aromatic carbocycles. The van der Waals surface area contributed by atoms with Crippen molar-refractivity contribution in [2.75, 3.05) is 0 Å². The molecular weight excluding hydrogens is 132 g/mol. The summed E-state index contributed by atoms with van der Waals surface area (Å²) in [5, 5.41) is 14.2. The minimum atomic E-state index is -0.967. The fraction of sp³-hybridized carbons (Fsp3) is 0.500. The van der Waals surface area contributed by atoms with Gasteiger partial charge in [-0.3, -0.25) is 4.79 Å². The van der Waals surface area contributed by atoms with E-state index in [9.17, 15) is 4.79 Å². The number of aliphatic hydroxyl groups is 1.